The Morgan fingerprint density at radius 1 is 1.38 bits per heavy atom. The SMILES string of the molecule is Cc1cnc(CN=C(NCCc2ccco2)NC2CCCCC2)s1. The third-order valence-corrected chi connectivity index (χ3v) is 5.13. The molecule has 0 spiro atoms. The van der Waals surface area contributed by atoms with Gasteiger partial charge in [0.25, 0.3) is 0 Å². The van der Waals surface area contributed by atoms with E-state index in [1.807, 2.05) is 18.3 Å². The normalized spacial score (nSPS) is 16.3. The first-order chi connectivity index (χ1) is 11.8. The molecule has 1 aliphatic rings. The van der Waals surface area contributed by atoms with Crippen molar-refractivity contribution in [3.63, 3.8) is 0 Å². The molecule has 0 atom stereocenters. The Hall–Kier alpha value is -1.82. The van der Waals surface area contributed by atoms with Crippen LogP contribution in [0.4, 0.5) is 0 Å². The summed E-state index contributed by atoms with van der Waals surface area (Å²) >= 11 is 1.71. The minimum Gasteiger partial charge on any atom is -0.469 e. The van der Waals surface area contributed by atoms with Crippen LogP contribution in [-0.2, 0) is 13.0 Å². The highest BCUT2D eigenvalue weighted by Gasteiger charge is 2.14. The molecule has 130 valence electrons. The van der Waals surface area contributed by atoms with Gasteiger partial charge in [-0.3, -0.25) is 0 Å². The van der Waals surface area contributed by atoms with E-state index in [1.54, 1.807) is 17.6 Å². The van der Waals surface area contributed by atoms with E-state index in [-0.39, 0.29) is 0 Å². The summed E-state index contributed by atoms with van der Waals surface area (Å²) in [5.41, 5.74) is 0. The van der Waals surface area contributed by atoms with Crippen LogP contribution in [0.5, 0.6) is 0 Å². The number of guanidine groups is 1. The summed E-state index contributed by atoms with van der Waals surface area (Å²) in [4.78, 5) is 10.4. The highest BCUT2D eigenvalue weighted by molar-refractivity contribution is 7.11. The monoisotopic (exact) mass is 346 g/mol. The topological polar surface area (TPSA) is 62.5 Å². The van der Waals surface area contributed by atoms with Gasteiger partial charge in [-0.05, 0) is 31.9 Å². The first-order valence-corrected chi connectivity index (χ1v) is 9.60. The summed E-state index contributed by atoms with van der Waals surface area (Å²) in [5.74, 6) is 1.89. The predicted molar refractivity (Wildman–Crippen MR) is 98.4 cm³/mol. The first-order valence-electron chi connectivity index (χ1n) is 8.78. The van der Waals surface area contributed by atoms with Gasteiger partial charge >= 0.3 is 0 Å². The van der Waals surface area contributed by atoms with E-state index in [4.69, 9.17) is 9.41 Å². The zero-order valence-corrected chi connectivity index (χ0v) is 15.1. The Morgan fingerprint density at radius 3 is 2.96 bits per heavy atom. The smallest absolute Gasteiger partial charge is 0.191 e. The summed E-state index contributed by atoms with van der Waals surface area (Å²) < 4.78 is 5.39. The number of aryl methyl sites for hydroxylation is 1. The molecular formula is C18H26N4OS. The van der Waals surface area contributed by atoms with Gasteiger partial charge in [-0.1, -0.05) is 19.3 Å². The molecule has 5 nitrogen and oxygen atoms in total. The third-order valence-electron chi connectivity index (χ3n) is 4.23. The van der Waals surface area contributed by atoms with Crippen molar-refractivity contribution in [1.82, 2.24) is 15.6 Å². The van der Waals surface area contributed by atoms with E-state index in [9.17, 15) is 0 Å². The van der Waals surface area contributed by atoms with Crippen molar-refractivity contribution in [2.75, 3.05) is 6.54 Å². The molecule has 0 radical (unpaired) electrons. The number of aliphatic imine (C=N–C) groups is 1. The fourth-order valence-electron chi connectivity index (χ4n) is 2.97. The molecule has 2 N–H and O–H groups in total. The molecule has 1 saturated carbocycles. The number of nitrogens with one attached hydrogen (secondary N) is 2. The van der Waals surface area contributed by atoms with Crippen LogP contribution >= 0.6 is 11.3 Å². The second-order valence-corrected chi connectivity index (χ2v) is 7.58. The Kier molecular flexibility index (Phi) is 6.29. The first kappa shape index (κ1) is 17.0. The standard InChI is InChI=1S/C18H26N4OS/c1-14-12-20-17(24-14)13-21-18(22-15-6-3-2-4-7-15)19-10-9-16-8-5-11-23-16/h5,8,11-12,15H,2-4,6-7,9-10,13H2,1H3,(H2,19,21,22). The van der Waals surface area contributed by atoms with Gasteiger partial charge in [0.05, 0.1) is 12.8 Å². The van der Waals surface area contributed by atoms with Crippen LogP contribution in [0, 0.1) is 6.92 Å². The average molecular weight is 347 g/mol. The van der Waals surface area contributed by atoms with Crippen molar-refractivity contribution in [2.45, 2.75) is 58.0 Å². The maximum atomic E-state index is 5.39. The molecule has 0 bridgehead atoms. The average Bonchev–Trinajstić information content (AvgIpc) is 3.25. The molecule has 0 aliphatic heterocycles. The van der Waals surface area contributed by atoms with Gasteiger partial charge in [-0.25, -0.2) is 9.98 Å². The largest absolute Gasteiger partial charge is 0.469 e. The molecule has 0 amide bonds. The Bertz CT molecular complexity index is 629. The third kappa shape index (κ3) is 5.37. The molecule has 2 aromatic heterocycles. The van der Waals surface area contributed by atoms with Gasteiger partial charge < -0.3 is 15.1 Å². The molecule has 0 saturated heterocycles. The molecule has 3 rings (SSSR count). The van der Waals surface area contributed by atoms with Crippen LogP contribution in [0.2, 0.25) is 0 Å². The number of aromatic nitrogens is 1. The van der Waals surface area contributed by atoms with Gasteiger partial charge in [-0.2, -0.15) is 0 Å². The maximum Gasteiger partial charge on any atom is 0.191 e. The van der Waals surface area contributed by atoms with Gasteiger partial charge in [0.2, 0.25) is 0 Å². The number of thiazole rings is 1. The van der Waals surface area contributed by atoms with E-state index in [2.05, 4.69) is 22.5 Å². The number of rotatable bonds is 6. The van der Waals surface area contributed by atoms with Crippen molar-refractivity contribution in [2.24, 2.45) is 4.99 Å². The van der Waals surface area contributed by atoms with Crippen molar-refractivity contribution in [3.05, 3.63) is 40.2 Å². The lowest BCUT2D eigenvalue weighted by atomic mass is 9.96. The summed E-state index contributed by atoms with van der Waals surface area (Å²) in [6, 6.07) is 4.47. The highest BCUT2D eigenvalue weighted by atomic mass is 32.1. The fraction of sp³-hybridized carbons (Fsp3) is 0.556. The van der Waals surface area contributed by atoms with Gasteiger partial charge in [-0.15, -0.1) is 11.3 Å². The molecule has 6 heteroatoms. The molecule has 1 fully saturated rings. The number of furan rings is 1. The van der Waals surface area contributed by atoms with Crippen molar-refractivity contribution >= 4 is 17.3 Å². The van der Waals surface area contributed by atoms with Crippen LogP contribution in [0.15, 0.2) is 34.0 Å². The molecular weight excluding hydrogens is 320 g/mol. The zero-order valence-electron chi connectivity index (χ0n) is 14.3. The van der Waals surface area contributed by atoms with Crippen LogP contribution in [0.1, 0.15) is 47.7 Å². The molecule has 0 unspecified atom stereocenters. The lowest BCUT2D eigenvalue weighted by molar-refractivity contribution is 0.409. The predicted octanol–water partition coefficient (Wildman–Crippen LogP) is 3.66. The zero-order chi connectivity index (χ0) is 16.6. The maximum absolute atomic E-state index is 5.39. The minimum atomic E-state index is 0.534. The Morgan fingerprint density at radius 2 is 2.25 bits per heavy atom. The fourth-order valence-corrected chi connectivity index (χ4v) is 3.68. The molecule has 24 heavy (non-hydrogen) atoms. The lowest BCUT2D eigenvalue weighted by Crippen LogP contribution is -2.44. The minimum absolute atomic E-state index is 0.534. The summed E-state index contributed by atoms with van der Waals surface area (Å²) in [6.07, 6.45) is 10.9. The van der Waals surface area contributed by atoms with Crippen LogP contribution in [0.3, 0.4) is 0 Å². The van der Waals surface area contributed by atoms with Crippen LogP contribution < -0.4 is 10.6 Å². The molecule has 1 aliphatic carbocycles. The quantitative estimate of drug-likeness (QED) is 0.619. The van der Waals surface area contributed by atoms with Gasteiger partial charge in [0.1, 0.15) is 10.8 Å². The second-order valence-electron chi connectivity index (χ2n) is 6.26. The number of hydrogen-bond donors (Lipinski definition) is 2. The molecule has 2 heterocycles. The van der Waals surface area contributed by atoms with E-state index < -0.39 is 0 Å². The summed E-state index contributed by atoms with van der Waals surface area (Å²) in [6.45, 7) is 3.51. The van der Waals surface area contributed by atoms with Crippen molar-refractivity contribution in [1.29, 1.82) is 0 Å². The highest BCUT2D eigenvalue weighted by Crippen LogP contribution is 2.17. The Labute approximate surface area is 147 Å². The van der Waals surface area contributed by atoms with Crippen LogP contribution in [-0.4, -0.2) is 23.5 Å². The summed E-state index contributed by atoms with van der Waals surface area (Å²) in [5, 5.41) is 8.09. The number of nitrogens with zero attached hydrogens (tertiary/aromatic N) is 2. The molecule has 2 aromatic rings. The van der Waals surface area contributed by atoms with E-state index >= 15 is 0 Å². The molecule has 0 aromatic carbocycles. The summed E-state index contributed by atoms with van der Waals surface area (Å²) in [7, 11) is 0. The Balaban J connectivity index is 1.55. The van der Waals surface area contributed by atoms with Crippen molar-refractivity contribution in [3.8, 4) is 0 Å². The lowest BCUT2D eigenvalue weighted by Gasteiger charge is -2.25. The van der Waals surface area contributed by atoms with E-state index in [0.717, 1.165) is 29.7 Å². The van der Waals surface area contributed by atoms with E-state index in [0.29, 0.717) is 12.6 Å². The van der Waals surface area contributed by atoms with Gasteiger partial charge in [0.15, 0.2) is 5.96 Å². The number of hydrogen-bond acceptors (Lipinski definition) is 4. The van der Waals surface area contributed by atoms with Gasteiger partial charge in [0, 0.05) is 30.1 Å². The van der Waals surface area contributed by atoms with Crippen LogP contribution in [0.25, 0.3) is 0 Å². The second kappa shape index (κ2) is 8.87. The van der Waals surface area contributed by atoms with E-state index in [1.165, 1.54) is 37.0 Å². The van der Waals surface area contributed by atoms with Crippen molar-refractivity contribution < 1.29 is 4.42 Å².